The van der Waals surface area contributed by atoms with Crippen LogP contribution in [0.2, 0.25) is 0 Å². The smallest absolute Gasteiger partial charge is 0.197 e. The van der Waals surface area contributed by atoms with Gasteiger partial charge in [0.2, 0.25) is 0 Å². The Kier molecular flexibility index (Phi) is 3.79. The Balaban J connectivity index is 3.52. The van der Waals surface area contributed by atoms with Crippen molar-refractivity contribution in [1.82, 2.24) is 0 Å². The molecular formula is C8H19O2P. The first kappa shape index (κ1) is 11.2. The zero-order chi connectivity index (χ0) is 9.12. The molecule has 0 saturated carbocycles. The van der Waals surface area contributed by atoms with Gasteiger partial charge in [-0.15, -0.1) is 0 Å². The predicted octanol–water partition coefficient (Wildman–Crippen LogP) is 2.71. The first-order valence-corrected chi connectivity index (χ1v) is 6.29. The first-order valence-electron chi connectivity index (χ1n) is 4.00. The van der Waals surface area contributed by atoms with E-state index in [0.717, 1.165) is 12.8 Å². The minimum atomic E-state index is -2.75. The van der Waals surface area contributed by atoms with Crippen LogP contribution in [-0.2, 0) is 4.57 Å². The number of hydrogen-bond donors (Lipinski definition) is 1. The van der Waals surface area contributed by atoms with E-state index in [1.807, 2.05) is 0 Å². The van der Waals surface area contributed by atoms with E-state index in [0.29, 0.717) is 6.16 Å². The standard InChI is InChI=1S/C8H19O2P/c1-8(2,3)6-5-7-11(4,9)10/h5-7H2,1-4H3,(H,9,10). The zero-order valence-electron chi connectivity index (χ0n) is 7.92. The molecule has 0 bridgehead atoms. The molecule has 0 aliphatic rings. The van der Waals surface area contributed by atoms with Gasteiger partial charge >= 0.3 is 0 Å². The molecule has 68 valence electrons. The van der Waals surface area contributed by atoms with Crippen LogP contribution >= 0.6 is 7.37 Å². The number of hydrogen-bond acceptors (Lipinski definition) is 1. The van der Waals surface area contributed by atoms with Crippen LogP contribution in [0.4, 0.5) is 0 Å². The maximum Gasteiger partial charge on any atom is 0.197 e. The monoisotopic (exact) mass is 178 g/mol. The van der Waals surface area contributed by atoms with Crippen LogP contribution in [0.25, 0.3) is 0 Å². The van der Waals surface area contributed by atoms with Crippen LogP contribution in [0.3, 0.4) is 0 Å². The molecule has 0 aromatic carbocycles. The molecule has 2 nitrogen and oxygen atoms in total. The molecule has 0 aromatic heterocycles. The lowest BCUT2D eigenvalue weighted by Crippen LogP contribution is -2.05. The third-order valence-corrected chi connectivity index (χ3v) is 2.65. The lowest BCUT2D eigenvalue weighted by molar-refractivity contribution is 0.370. The molecule has 0 saturated heterocycles. The Labute approximate surface area is 69.5 Å². The maximum absolute atomic E-state index is 10.9. The predicted molar refractivity (Wildman–Crippen MR) is 49.3 cm³/mol. The topological polar surface area (TPSA) is 37.3 Å². The highest BCUT2D eigenvalue weighted by molar-refractivity contribution is 7.57. The fourth-order valence-corrected chi connectivity index (χ4v) is 1.65. The average molecular weight is 178 g/mol. The van der Waals surface area contributed by atoms with E-state index < -0.39 is 7.37 Å². The summed E-state index contributed by atoms with van der Waals surface area (Å²) in [6, 6.07) is 0. The number of rotatable bonds is 3. The molecule has 0 amide bonds. The summed E-state index contributed by atoms with van der Waals surface area (Å²) in [4.78, 5) is 8.97. The van der Waals surface area contributed by atoms with Crippen LogP contribution in [-0.4, -0.2) is 17.7 Å². The van der Waals surface area contributed by atoms with Crippen LogP contribution in [0, 0.1) is 5.41 Å². The molecule has 0 fully saturated rings. The molecule has 1 N–H and O–H groups in total. The molecular weight excluding hydrogens is 159 g/mol. The average Bonchev–Trinajstić information content (AvgIpc) is 1.55. The van der Waals surface area contributed by atoms with Crippen molar-refractivity contribution in [2.75, 3.05) is 12.8 Å². The first-order chi connectivity index (χ1) is 4.71. The summed E-state index contributed by atoms with van der Waals surface area (Å²) in [7, 11) is -2.75. The summed E-state index contributed by atoms with van der Waals surface area (Å²) in [5, 5.41) is 0. The highest BCUT2D eigenvalue weighted by Gasteiger charge is 2.13. The van der Waals surface area contributed by atoms with E-state index in [2.05, 4.69) is 20.8 Å². The zero-order valence-corrected chi connectivity index (χ0v) is 8.82. The Bertz CT molecular complexity index is 152. The van der Waals surface area contributed by atoms with Crippen LogP contribution in [0.1, 0.15) is 33.6 Å². The maximum atomic E-state index is 10.9. The van der Waals surface area contributed by atoms with E-state index in [9.17, 15) is 4.57 Å². The largest absolute Gasteiger partial charge is 0.344 e. The van der Waals surface area contributed by atoms with Crippen molar-refractivity contribution in [2.24, 2.45) is 5.41 Å². The van der Waals surface area contributed by atoms with Gasteiger partial charge in [0.1, 0.15) is 0 Å². The SMILES string of the molecule is CC(C)(C)CCCP(C)(=O)O. The van der Waals surface area contributed by atoms with Crippen LogP contribution in [0.15, 0.2) is 0 Å². The summed E-state index contributed by atoms with van der Waals surface area (Å²) < 4.78 is 10.9. The fraction of sp³-hybridized carbons (Fsp3) is 1.00. The molecule has 1 atom stereocenters. The quantitative estimate of drug-likeness (QED) is 0.674. The molecule has 11 heavy (non-hydrogen) atoms. The van der Waals surface area contributed by atoms with Gasteiger partial charge in [0.15, 0.2) is 7.37 Å². The summed E-state index contributed by atoms with van der Waals surface area (Å²) in [6.45, 7) is 7.86. The van der Waals surface area contributed by atoms with Gasteiger partial charge in [0.05, 0.1) is 0 Å². The van der Waals surface area contributed by atoms with E-state index in [4.69, 9.17) is 4.89 Å². The van der Waals surface area contributed by atoms with E-state index >= 15 is 0 Å². The van der Waals surface area contributed by atoms with E-state index in [-0.39, 0.29) is 5.41 Å². The van der Waals surface area contributed by atoms with Crippen molar-refractivity contribution in [3.05, 3.63) is 0 Å². The van der Waals surface area contributed by atoms with E-state index in [1.54, 1.807) is 0 Å². The normalized spacial score (nSPS) is 17.9. The van der Waals surface area contributed by atoms with Crippen molar-refractivity contribution in [1.29, 1.82) is 0 Å². The summed E-state index contributed by atoms with van der Waals surface area (Å²) in [6.07, 6.45) is 2.34. The second kappa shape index (κ2) is 3.73. The van der Waals surface area contributed by atoms with E-state index in [1.165, 1.54) is 6.66 Å². The highest BCUT2D eigenvalue weighted by Crippen LogP contribution is 2.37. The molecule has 0 radical (unpaired) electrons. The Morgan fingerprint density at radius 3 is 2.09 bits per heavy atom. The Hall–Kier alpha value is 0.190. The van der Waals surface area contributed by atoms with Crippen LogP contribution < -0.4 is 0 Å². The molecule has 0 spiro atoms. The van der Waals surface area contributed by atoms with Crippen molar-refractivity contribution in [3.63, 3.8) is 0 Å². The second-order valence-electron chi connectivity index (χ2n) is 4.44. The van der Waals surface area contributed by atoms with Crippen LogP contribution in [0.5, 0.6) is 0 Å². The molecule has 0 rings (SSSR count). The highest BCUT2D eigenvalue weighted by atomic mass is 31.2. The Morgan fingerprint density at radius 1 is 1.36 bits per heavy atom. The minimum absolute atomic E-state index is 0.287. The van der Waals surface area contributed by atoms with Gasteiger partial charge in [-0.05, 0) is 18.3 Å². The third-order valence-electron chi connectivity index (χ3n) is 1.50. The summed E-state index contributed by atoms with van der Waals surface area (Å²) in [5.41, 5.74) is 0.287. The lowest BCUT2D eigenvalue weighted by atomic mass is 9.91. The van der Waals surface area contributed by atoms with Crippen molar-refractivity contribution >= 4 is 7.37 Å². The molecule has 0 aliphatic carbocycles. The summed E-state index contributed by atoms with van der Waals surface area (Å²) >= 11 is 0. The molecule has 3 heteroatoms. The molecule has 0 aliphatic heterocycles. The van der Waals surface area contributed by atoms with Crippen molar-refractivity contribution in [2.45, 2.75) is 33.6 Å². The van der Waals surface area contributed by atoms with Crippen molar-refractivity contribution < 1.29 is 9.46 Å². The summed E-state index contributed by atoms with van der Waals surface area (Å²) in [5.74, 6) is 0. The van der Waals surface area contributed by atoms with Gasteiger partial charge in [-0.2, -0.15) is 0 Å². The second-order valence-corrected chi connectivity index (χ2v) is 6.99. The van der Waals surface area contributed by atoms with Gasteiger partial charge in [-0.25, -0.2) is 0 Å². The fourth-order valence-electron chi connectivity index (χ4n) is 0.903. The third kappa shape index (κ3) is 10.2. The van der Waals surface area contributed by atoms with Gasteiger partial charge in [0, 0.05) is 12.8 Å². The molecule has 0 aromatic rings. The van der Waals surface area contributed by atoms with Gasteiger partial charge in [-0.3, -0.25) is 4.57 Å². The van der Waals surface area contributed by atoms with Gasteiger partial charge in [-0.1, -0.05) is 20.8 Å². The lowest BCUT2D eigenvalue weighted by Gasteiger charge is -2.17. The molecule has 1 unspecified atom stereocenters. The Morgan fingerprint density at radius 2 is 1.82 bits per heavy atom. The molecule has 0 heterocycles. The van der Waals surface area contributed by atoms with Gasteiger partial charge < -0.3 is 4.89 Å². The minimum Gasteiger partial charge on any atom is -0.344 e. The van der Waals surface area contributed by atoms with Crippen molar-refractivity contribution in [3.8, 4) is 0 Å². The van der Waals surface area contributed by atoms with Gasteiger partial charge in [0.25, 0.3) is 0 Å².